The number of hydrogen-bond acceptors (Lipinski definition) is 5. The fourth-order valence-electron chi connectivity index (χ4n) is 2.20. The van der Waals surface area contributed by atoms with E-state index in [9.17, 15) is 4.79 Å². The highest BCUT2D eigenvalue weighted by molar-refractivity contribution is 5.88. The van der Waals surface area contributed by atoms with Crippen molar-refractivity contribution in [1.82, 2.24) is 10.1 Å². The maximum Gasteiger partial charge on any atom is 0.335 e. The van der Waals surface area contributed by atoms with Crippen molar-refractivity contribution >= 4 is 11.7 Å². The van der Waals surface area contributed by atoms with E-state index >= 15 is 0 Å². The van der Waals surface area contributed by atoms with Gasteiger partial charge in [0.2, 0.25) is 5.89 Å². The zero-order valence-corrected chi connectivity index (χ0v) is 9.54. The predicted octanol–water partition coefficient (Wildman–Crippen LogP) is 1.33. The summed E-state index contributed by atoms with van der Waals surface area (Å²) in [6.45, 7) is 1.39. The Kier molecular flexibility index (Phi) is 2.47. The van der Waals surface area contributed by atoms with Gasteiger partial charge >= 0.3 is 5.97 Å². The van der Waals surface area contributed by atoms with Crippen molar-refractivity contribution in [3.8, 4) is 0 Å². The van der Waals surface area contributed by atoms with Crippen molar-refractivity contribution in [2.75, 3.05) is 11.4 Å². The maximum atomic E-state index is 10.9. The second-order valence-electron chi connectivity index (χ2n) is 4.16. The summed E-state index contributed by atoms with van der Waals surface area (Å²) in [7, 11) is 0. The minimum Gasteiger partial charge on any atom is -0.478 e. The van der Waals surface area contributed by atoms with Crippen LogP contribution in [0.4, 0.5) is 5.69 Å². The summed E-state index contributed by atoms with van der Waals surface area (Å²) in [5.74, 6) is -0.335. The molecule has 0 radical (unpaired) electrons. The zero-order valence-electron chi connectivity index (χ0n) is 9.54. The standard InChI is InChI=1S/C12H11N3O3/c16-12(17)9-1-2-10-8(5-9)3-4-15(10)6-11-13-7-14-18-11/h1-2,5,7H,3-4,6H2,(H,16,17). The third-order valence-electron chi connectivity index (χ3n) is 3.05. The Morgan fingerprint density at radius 3 is 3.11 bits per heavy atom. The lowest BCUT2D eigenvalue weighted by Gasteiger charge is -2.16. The third kappa shape index (κ3) is 1.81. The largest absolute Gasteiger partial charge is 0.478 e. The van der Waals surface area contributed by atoms with E-state index in [0.717, 1.165) is 24.2 Å². The Hall–Kier alpha value is -2.37. The number of rotatable bonds is 3. The summed E-state index contributed by atoms with van der Waals surface area (Å²) in [6.07, 6.45) is 2.21. The number of nitrogens with zero attached hydrogens (tertiary/aromatic N) is 3. The van der Waals surface area contributed by atoms with Crippen LogP contribution in [0.5, 0.6) is 0 Å². The van der Waals surface area contributed by atoms with Crippen molar-refractivity contribution in [2.45, 2.75) is 13.0 Å². The second-order valence-corrected chi connectivity index (χ2v) is 4.16. The molecule has 1 aromatic heterocycles. The van der Waals surface area contributed by atoms with Crippen molar-refractivity contribution in [3.63, 3.8) is 0 Å². The minimum absolute atomic E-state index is 0.327. The molecule has 6 heteroatoms. The third-order valence-corrected chi connectivity index (χ3v) is 3.05. The summed E-state index contributed by atoms with van der Waals surface area (Å²) in [5, 5.41) is 12.5. The molecule has 1 N–H and O–H groups in total. The molecular formula is C12H11N3O3. The SMILES string of the molecule is O=C(O)c1ccc2c(c1)CCN2Cc1ncno1. The molecule has 2 heterocycles. The first-order chi connectivity index (χ1) is 8.74. The van der Waals surface area contributed by atoms with E-state index in [1.165, 1.54) is 6.33 Å². The molecule has 0 unspecified atom stereocenters. The van der Waals surface area contributed by atoms with Crippen LogP contribution in [0, 0.1) is 0 Å². The van der Waals surface area contributed by atoms with E-state index in [-0.39, 0.29) is 0 Å². The van der Waals surface area contributed by atoms with E-state index < -0.39 is 5.97 Å². The van der Waals surface area contributed by atoms with Crippen molar-refractivity contribution in [3.05, 3.63) is 41.5 Å². The van der Waals surface area contributed by atoms with Crippen LogP contribution in [0.25, 0.3) is 0 Å². The van der Waals surface area contributed by atoms with Crippen LogP contribution in [0.3, 0.4) is 0 Å². The van der Waals surface area contributed by atoms with E-state index in [1.807, 2.05) is 6.07 Å². The van der Waals surface area contributed by atoms with E-state index in [0.29, 0.717) is 18.0 Å². The summed E-state index contributed by atoms with van der Waals surface area (Å²) < 4.78 is 4.98. The van der Waals surface area contributed by atoms with E-state index in [2.05, 4.69) is 15.0 Å². The van der Waals surface area contributed by atoms with Crippen LogP contribution in [0.1, 0.15) is 21.8 Å². The average molecular weight is 245 g/mol. The van der Waals surface area contributed by atoms with E-state index in [1.54, 1.807) is 12.1 Å². The highest BCUT2D eigenvalue weighted by Gasteiger charge is 2.21. The quantitative estimate of drug-likeness (QED) is 0.878. The van der Waals surface area contributed by atoms with Gasteiger partial charge in [-0.3, -0.25) is 0 Å². The van der Waals surface area contributed by atoms with Gasteiger partial charge in [0.1, 0.15) is 0 Å². The fraction of sp³-hybridized carbons (Fsp3) is 0.250. The molecule has 0 amide bonds. The van der Waals surface area contributed by atoms with Crippen LogP contribution in [-0.4, -0.2) is 27.8 Å². The van der Waals surface area contributed by atoms with Gasteiger partial charge in [-0.05, 0) is 30.2 Å². The van der Waals surface area contributed by atoms with Crippen LogP contribution < -0.4 is 4.90 Å². The molecule has 0 saturated carbocycles. The summed E-state index contributed by atoms with van der Waals surface area (Å²) >= 11 is 0. The van der Waals surface area contributed by atoms with Crippen molar-refractivity contribution in [1.29, 1.82) is 0 Å². The Labute approximate surface area is 103 Å². The molecule has 1 aliphatic rings. The number of carboxylic acid groups (broad SMARTS) is 1. The molecule has 0 saturated heterocycles. The molecule has 18 heavy (non-hydrogen) atoms. The molecule has 0 aliphatic carbocycles. The highest BCUT2D eigenvalue weighted by atomic mass is 16.5. The topological polar surface area (TPSA) is 79.5 Å². The lowest BCUT2D eigenvalue weighted by molar-refractivity contribution is 0.0697. The molecular weight excluding hydrogens is 234 g/mol. The molecule has 6 nitrogen and oxygen atoms in total. The average Bonchev–Trinajstić information content (AvgIpc) is 2.99. The number of fused-ring (bicyclic) bond motifs is 1. The number of carbonyl (C=O) groups is 1. The predicted molar refractivity (Wildman–Crippen MR) is 62.5 cm³/mol. The summed E-state index contributed by atoms with van der Waals surface area (Å²) in [6, 6.07) is 5.18. The molecule has 0 atom stereocenters. The second kappa shape index (κ2) is 4.14. The molecule has 1 aromatic carbocycles. The first-order valence-electron chi connectivity index (χ1n) is 5.61. The molecule has 3 rings (SSSR count). The molecule has 2 aromatic rings. The normalized spacial score (nSPS) is 13.7. The van der Waals surface area contributed by atoms with Gasteiger partial charge in [0.25, 0.3) is 0 Å². The first-order valence-corrected chi connectivity index (χ1v) is 5.61. The van der Waals surface area contributed by atoms with Gasteiger partial charge in [-0.25, -0.2) is 4.79 Å². The first kappa shape index (κ1) is 10.8. The Morgan fingerprint density at radius 1 is 1.50 bits per heavy atom. The number of benzene rings is 1. The number of aromatic carboxylic acids is 1. The zero-order chi connectivity index (χ0) is 12.5. The molecule has 92 valence electrons. The van der Waals surface area contributed by atoms with Crippen LogP contribution in [0.15, 0.2) is 29.0 Å². The Balaban J connectivity index is 1.86. The van der Waals surface area contributed by atoms with Crippen molar-refractivity contribution in [2.24, 2.45) is 0 Å². The van der Waals surface area contributed by atoms with Gasteiger partial charge in [0.05, 0.1) is 12.1 Å². The number of anilines is 1. The lowest BCUT2D eigenvalue weighted by atomic mass is 10.1. The fourth-order valence-corrected chi connectivity index (χ4v) is 2.20. The number of aromatic nitrogens is 2. The van der Waals surface area contributed by atoms with Crippen molar-refractivity contribution < 1.29 is 14.4 Å². The van der Waals surface area contributed by atoms with Gasteiger partial charge in [-0.2, -0.15) is 4.98 Å². The summed E-state index contributed by atoms with van der Waals surface area (Å²) in [4.78, 5) is 17.0. The smallest absolute Gasteiger partial charge is 0.335 e. The van der Waals surface area contributed by atoms with Gasteiger partial charge in [-0.1, -0.05) is 5.16 Å². The summed E-state index contributed by atoms with van der Waals surface area (Å²) in [5.41, 5.74) is 2.42. The Morgan fingerprint density at radius 2 is 2.39 bits per heavy atom. The maximum absolute atomic E-state index is 10.9. The van der Waals surface area contributed by atoms with Gasteiger partial charge in [-0.15, -0.1) is 0 Å². The monoisotopic (exact) mass is 245 g/mol. The van der Waals surface area contributed by atoms with Gasteiger partial charge in [0, 0.05) is 12.2 Å². The molecule has 0 spiro atoms. The number of hydrogen-bond donors (Lipinski definition) is 1. The molecule has 0 bridgehead atoms. The Bertz CT molecular complexity index is 580. The van der Waals surface area contributed by atoms with Crippen LogP contribution in [-0.2, 0) is 13.0 Å². The van der Waals surface area contributed by atoms with Gasteiger partial charge in [0.15, 0.2) is 6.33 Å². The van der Waals surface area contributed by atoms with Crippen LogP contribution in [0.2, 0.25) is 0 Å². The van der Waals surface area contributed by atoms with Crippen LogP contribution >= 0.6 is 0 Å². The lowest BCUT2D eigenvalue weighted by Crippen LogP contribution is -2.19. The minimum atomic E-state index is -0.895. The van der Waals surface area contributed by atoms with Gasteiger partial charge < -0.3 is 14.5 Å². The molecule has 1 aliphatic heterocycles. The van der Waals surface area contributed by atoms with E-state index in [4.69, 9.17) is 9.63 Å². The molecule has 0 fully saturated rings. The number of carboxylic acids is 1. The highest BCUT2D eigenvalue weighted by Crippen LogP contribution is 2.29.